The fraction of sp³-hybridized carbons (Fsp3) is 0.448. The number of nitrogens with zero attached hydrogens (tertiary/aromatic N) is 6. The van der Waals surface area contributed by atoms with Crippen molar-refractivity contribution in [2.45, 2.75) is 51.6 Å². The standard InChI is InChI=1S/C29H35N7O2/c1-19-8-9-21-18-25(29(37)30-26(21)20(19)2)27(28-31-32-33-36(28)23-6-4-5-7-23)35-16-14-34(15-17-35)22-10-12-24(38-3)13-11-22/h8-13,18,23,27H,4-7,14-17H2,1-3H3,(H,30,37). The van der Waals surface area contributed by atoms with Crippen LogP contribution < -0.4 is 15.2 Å². The van der Waals surface area contributed by atoms with Crippen molar-refractivity contribution in [3.8, 4) is 5.75 Å². The van der Waals surface area contributed by atoms with Gasteiger partial charge in [0.1, 0.15) is 11.8 Å². The number of anilines is 1. The van der Waals surface area contributed by atoms with Crippen molar-refractivity contribution in [2.75, 3.05) is 38.2 Å². The number of H-pyrrole nitrogens is 1. The lowest BCUT2D eigenvalue weighted by Gasteiger charge is -2.39. The van der Waals surface area contributed by atoms with E-state index < -0.39 is 0 Å². The monoisotopic (exact) mass is 513 g/mol. The Morgan fingerprint density at radius 3 is 2.45 bits per heavy atom. The highest BCUT2D eigenvalue weighted by Gasteiger charge is 2.34. The van der Waals surface area contributed by atoms with Gasteiger partial charge in [0, 0.05) is 37.4 Å². The van der Waals surface area contributed by atoms with E-state index >= 15 is 0 Å². The van der Waals surface area contributed by atoms with Crippen molar-refractivity contribution in [3.05, 3.63) is 75.3 Å². The van der Waals surface area contributed by atoms with E-state index in [4.69, 9.17) is 4.74 Å². The van der Waals surface area contributed by atoms with Crippen LogP contribution in [0.4, 0.5) is 5.69 Å². The summed E-state index contributed by atoms with van der Waals surface area (Å²) in [5, 5.41) is 14.1. The maximum atomic E-state index is 13.7. The van der Waals surface area contributed by atoms with Gasteiger partial charge in [-0.05, 0) is 84.0 Å². The number of hydrogen-bond acceptors (Lipinski definition) is 7. The number of rotatable bonds is 6. The normalized spacial score (nSPS) is 17.8. The van der Waals surface area contributed by atoms with E-state index in [0.717, 1.165) is 72.6 Å². The summed E-state index contributed by atoms with van der Waals surface area (Å²) in [5.41, 5.74) is 4.97. The van der Waals surface area contributed by atoms with Gasteiger partial charge < -0.3 is 14.6 Å². The van der Waals surface area contributed by atoms with Crippen LogP contribution in [0.2, 0.25) is 0 Å². The molecule has 0 radical (unpaired) electrons. The molecule has 2 aromatic heterocycles. The third-order valence-corrected chi connectivity index (χ3v) is 8.42. The van der Waals surface area contributed by atoms with Crippen LogP contribution in [0.5, 0.6) is 5.75 Å². The average Bonchev–Trinajstić information content (AvgIpc) is 3.65. The molecule has 198 valence electrons. The molecule has 1 aliphatic heterocycles. The molecule has 4 aromatic rings. The van der Waals surface area contributed by atoms with Crippen LogP contribution in [-0.2, 0) is 0 Å². The third kappa shape index (κ3) is 4.45. The summed E-state index contributed by atoms with van der Waals surface area (Å²) in [7, 11) is 1.68. The first-order valence-corrected chi connectivity index (χ1v) is 13.6. The Hall–Kier alpha value is -3.72. The number of tetrazole rings is 1. The molecule has 1 N–H and O–H groups in total. The van der Waals surface area contributed by atoms with E-state index in [1.165, 1.54) is 18.5 Å². The van der Waals surface area contributed by atoms with Gasteiger partial charge in [-0.25, -0.2) is 4.68 Å². The highest BCUT2D eigenvalue weighted by atomic mass is 16.5. The van der Waals surface area contributed by atoms with Gasteiger partial charge in [0.15, 0.2) is 5.82 Å². The van der Waals surface area contributed by atoms with Crippen molar-refractivity contribution in [1.82, 2.24) is 30.1 Å². The molecule has 0 spiro atoms. The van der Waals surface area contributed by atoms with Crippen molar-refractivity contribution in [3.63, 3.8) is 0 Å². The molecule has 0 amide bonds. The molecule has 6 rings (SSSR count). The van der Waals surface area contributed by atoms with Crippen LogP contribution >= 0.6 is 0 Å². The Labute approximate surface area is 222 Å². The first kappa shape index (κ1) is 24.6. The number of fused-ring (bicyclic) bond motifs is 1. The Balaban J connectivity index is 1.37. The van der Waals surface area contributed by atoms with Gasteiger partial charge in [0.05, 0.1) is 18.7 Å². The van der Waals surface area contributed by atoms with E-state index in [9.17, 15) is 4.79 Å². The highest BCUT2D eigenvalue weighted by molar-refractivity contribution is 5.83. The third-order valence-electron chi connectivity index (χ3n) is 8.42. The number of benzene rings is 2. The van der Waals surface area contributed by atoms with Gasteiger partial charge in [0.2, 0.25) is 0 Å². The summed E-state index contributed by atoms with van der Waals surface area (Å²) < 4.78 is 7.32. The molecule has 38 heavy (non-hydrogen) atoms. The number of ether oxygens (including phenoxy) is 1. The summed E-state index contributed by atoms with van der Waals surface area (Å²) in [6.45, 7) is 7.40. The van der Waals surface area contributed by atoms with Gasteiger partial charge in [-0.1, -0.05) is 25.0 Å². The lowest BCUT2D eigenvalue weighted by molar-refractivity contribution is 0.197. The molecule has 1 aliphatic carbocycles. The second kappa shape index (κ2) is 10.2. The zero-order valence-corrected chi connectivity index (χ0v) is 22.4. The molecule has 1 atom stereocenters. The number of aromatic nitrogens is 5. The summed E-state index contributed by atoms with van der Waals surface area (Å²) >= 11 is 0. The zero-order chi connectivity index (χ0) is 26.2. The fourth-order valence-corrected chi connectivity index (χ4v) is 6.06. The number of hydrogen-bond donors (Lipinski definition) is 1. The predicted octanol–water partition coefficient (Wildman–Crippen LogP) is 4.17. The van der Waals surface area contributed by atoms with Crippen LogP contribution in [0.15, 0.2) is 47.3 Å². The lowest BCUT2D eigenvalue weighted by Crippen LogP contribution is -2.49. The van der Waals surface area contributed by atoms with Crippen molar-refractivity contribution in [1.29, 1.82) is 0 Å². The summed E-state index contributed by atoms with van der Waals surface area (Å²) in [5.74, 6) is 1.62. The van der Waals surface area contributed by atoms with E-state index in [0.29, 0.717) is 5.56 Å². The molecule has 1 unspecified atom stereocenters. The average molecular weight is 514 g/mol. The molecule has 1 saturated carbocycles. The molecule has 2 fully saturated rings. The smallest absolute Gasteiger partial charge is 0.253 e. The number of aromatic amines is 1. The second-order valence-corrected chi connectivity index (χ2v) is 10.6. The SMILES string of the molecule is COc1ccc(N2CCN(C(c3cc4ccc(C)c(C)c4[nH]c3=O)c3nnnn3C3CCCC3)CC2)cc1. The first-order chi connectivity index (χ1) is 18.5. The lowest BCUT2D eigenvalue weighted by atomic mass is 9.99. The Morgan fingerprint density at radius 1 is 1.00 bits per heavy atom. The zero-order valence-electron chi connectivity index (χ0n) is 22.4. The van der Waals surface area contributed by atoms with Crippen molar-refractivity contribution < 1.29 is 4.74 Å². The fourth-order valence-electron chi connectivity index (χ4n) is 6.06. The Morgan fingerprint density at radius 2 is 1.74 bits per heavy atom. The second-order valence-electron chi connectivity index (χ2n) is 10.6. The van der Waals surface area contributed by atoms with Gasteiger partial charge in [-0.3, -0.25) is 9.69 Å². The van der Waals surface area contributed by atoms with Gasteiger partial charge in [-0.15, -0.1) is 5.10 Å². The number of aryl methyl sites for hydroxylation is 2. The van der Waals surface area contributed by atoms with Crippen molar-refractivity contribution in [2.24, 2.45) is 0 Å². The molecule has 0 bridgehead atoms. The Kier molecular flexibility index (Phi) is 6.61. The highest BCUT2D eigenvalue weighted by Crippen LogP contribution is 2.35. The summed E-state index contributed by atoms with van der Waals surface area (Å²) in [6.07, 6.45) is 4.51. The van der Waals surface area contributed by atoms with Gasteiger partial charge in [0.25, 0.3) is 5.56 Å². The summed E-state index contributed by atoms with van der Waals surface area (Å²) in [6, 6.07) is 14.4. The quantitative estimate of drug-likeness (QED) is 0.414. The van der Waals surface area contributed by atoms with Crippen molar-refractivity contribution >= 4 is 16.6 Å². The predicted molar refractivity (Wildman–Crippen MR) is 148 cm³/mol. The van der Waals surface area contributed by atoms with Crippen LogP contribution in [0.3, 0.4) is 0 Å². The maximum absolute atomic E-state index is 13.7. The van der Waals surface area contributed by atoms with E-state index in [1.807, 2.05) is 16.8 Å². The maximum Gasteiger partial charge on any atom is 0.253 e. The Bertz CT molecular complexity index is 1480. The van der Waals surface area contributed by atoms with E-state index in [2.05, 4.69) is 74.5 Å². The largest absolute Gasteiger partial charge is 0.497 e. The van der Waals surface area contributed by atoms with Gasteiger partial charge >= 0.3 is 0 Å². The van der Waals surface area contributed by atoms with E-state index in [-0.39, 0.29) is 17.6 Å². The van der Waals surface area contributed by atoms with Crippen LogP contribution in [-0.4, -0.2) is 63.4 Å². The number of pyridine rings is 1. The molecular formula is C29H35N7O2. The molecule has 2 aliphatic rings. The van der Waals surface area contributed by atoms with E-state index in [1.54, 1.807) is 7.11 Å². The number of methoxy groups -OCH3 is 1. The minimum Gasteiger partial charge on any atom is -0.497 e. The molecule has 3 heterocycles. The van der Waals surface area contributed by atoms with Crippen LogP contribution in [0.25, 0.3) is 10.9 Å². The first-order valence-electron chi connectivity index (χ1n) is 13.6. The number of piperazine rings is 1. The molecule has 9 nitrogen and oxygen atoms in total. The van der Waals surface area contributed by atoms with Crippen LogP contribution in [0, 0.1) is 13.8 Å². The number of nitrogens with one attached hydrogen (secondary N) is 1. The summed E-state index contributed by atoms with van der Waals surface area (Å²) in [4.78, 5) is 21.6. The molecular weight excluding hydrogens is 478 g/mol. The molecule has 1 saturated heterocycles. The molecule has 9 heteroatoms. The molecule has 2 aromatic carbocycles. The topological polar surface area (TPSA) is 92.2 Å². The minimum atomic E-state index is -0.321. The minimum absolute atomic E-state index is 0.0743. The van der Waals surface area contributed by atoms with Gasteiger partial charge in [-0.2, -0.15) is 0 Å². The van der Waals surface area contributed by atoms with Crippen LogP contribution in [0.1, 0.15) is 60.3 Å².